The third kappa shape index (κ3) is 2.42. The van der Waals surface area contributed by atoms with Crippen LogP contribution in [-0.4, -0.2) is 29.3 Å². The molecule has 2 N–H and O–H groups in total. The summed E-state index contributed by atoms with van der Waals surface area (Å²) in [5.74, 6) is 0.604. The number of hydrogen-bond donors (Lipinski definition) is 2. The average molecular weight is 203 g/mol. The Balaban J connectivity index is 2.06. The van der Waals surface area contributed by atoms with E-state index in [1.165, 1.54) is 6.20 Å². The van der Waals surface area contributed by atoms with Gasteiger partial charge in [0.15, 0.2) is 5.82 Å². The normalized spacial score (nSPS) is 17.0. The predicted molar refractivity (Wildman–Crippen MR) is 56.3 cm³/mol. The van der Waals surface area contributed by atoms with Crippen molar-refractivity contribution in [3.8, 4) is 6.07 Å². The summed E-state index contributed by atoms with van der Waals surface area (Å²) in [5.41, 5.74) is 0.559. The zero-order valence-electron chi connectivity index (χ0n) is 8.40. The first-order valence-electron chi connectivity index (χ1n) is 5.09. The molecule has 0 saturated carbocycles. The van der Waals surface area contributed by atoms with Crippen molar-refractivity contribution in [1.82, 2.24) is 15.5 Å². The van der Waals surface area contributed by atoms with Gasteiger partial charge in [0.25, 0.3) is 0 Å². The summed E-state index contributed by atoms with van der Waals surface area (Å²) in [5, 5.41) is 23.1. The van der Waals surface area contributed by atoms with Crippen LogP contribution in [0.4, 0.5) is 5.82 Å². The fourth-order valence-corrected chi connectivity index (χ4v) is 1.69. The second-order valence-corrected chi connectivity index (χ2v) is 3.57. The first-order valence-corrected chi connectivity index (χ1v) is 5.09. The third-order valence-corrected chi connectivity index (χ3v) is 2.52. The molecular formula is C10H13N5. The largest absolute Gasteiger partial charge is 0.365 e. The van der Waals surface area contributed by atoms with Gasteiger partial charge in [-0.15, -0.1) is 5.10 Å². The minimum absolute atomic E-state index is 0.398. The molecule has 0 unspecified atom stereocenters. The number of rotatable bonds is 2. The minimum Gasteiger partial charge on any atom is -0.365 e. The van der Waals surface area contributed by atoms with Crippen molar-refractivity contribution >= 4 is 5.82 Å². The van der Waals surface area contributed by atoms with E-state index < -0.39 is 0 Å². The molecule has 2 rings (SSSR count). The summed E-state index contributed by atoms with van der Waals surface area (Å²) in [6.45, 7) is 2.03. The molecule has 0 aliphatic carbocycles. The van der Waals surface area contributed by atoms with E-state index in [0.29, 0.717) is 17.4 Å². The predicted octanol–water partition coefficient (Wildman–Crippen LogP) is 0.512. The molecule has 1 aromatic rings. The molecule has 0 amide bonds. The lowest BCUT2D eigenvalue weighted by Crippen LogP contribution is -2.35. The molecule has 1 saturated heterocycles. The summed E-state index contributed by atoms with van der Waals surface area (Å²) < 4.78 is 0. The Bertz CT molecular complexity index is 364. The number of nitriles is 1. The van der Waals surface area contributed by atoms with E-state index in [4.69, 9.17) is 5.26 Å². The summed E-state index contributed by atoms with van der Waals surface area (Å²) in [7, 11) is 0. The molecule has 15 heavy (non-hydrogen) atoms. The molecule has 1 aliphatic heterocycles. The highest BCUT2D eigenvalue weighted by molar-refractivity contribution is 5.50. The maximum Gasteiger partial charge on any atom is 0.166 e. The fraction of sp³-hybridized carbons (Fsp3) is 0.500. The molecule has 5 nitrogen and oxygen atoms in total. The quantitative estimate of drug-likeness (QED) is 0.732. The van der Waals surface area contributed by atoms with E-state index >= 15 is 0 Å². The highest BCUT2D eigenvalue weighted by atomic mass is 15.2. The van der Waals surface area contributed by atoms with Crippen LogP contribution in [0.25, 0.3) is 0 Å². The molecule has 1 aromatic heterocycles. The Morgan fingerprint density at radius 2 is 2.27 bits per heavy atom. The van der Waals surface area contributed by atoms with Crippen LogP contribution in [0.5, 0.6) is 0 Å². The molecule has 1 fully saturated rings. The van der Waals surface area contributed by atoms with Gasteiger partial charge in [0, 0.05) is 6.04 Å². The molecule has 0 aromatic carbocycles. The van der Waals surface area contributed by atoms with Gasteiger partial charge in [-0.1, -0.05) is 0 Å². The van der Waals surface area contributed by atoms with Gasteiger partial charge in [0.2, 0.25) is 0 Å². The monoisotopic (exact) mass is 203 g/mol. The van der Waals surface area contributed by atoms with Crippen LogP contribution in [0.1, 0.15) is 18.4 Å². The summed E-state index contributed by atoms with van der Waals surface area (Å²) in [4.78, 5) is 0. The van der Waals surface area contributed by atoms with E-state index in [1.807, 2.05) is 0 Å². The summed E-state index contributed by atoms with van der Waals surface area (Å²) in [6.07, 6.45) is 3.65. The Kier molecular flexibility index (Phi) is 3.10. The van der Waals surface area contributed by atoms with Crippen LogP contribution >= 0.6 is 0 Å². The van der Waals surface area contributed by atoms with Crippen molar-refractivity contribution in [2.75, 3.05) is 18.4 Å². The van der Waals surface area contributed by atoms with Crippen LogP contribution in [0, 0.1) is 11.3 Å². The van der Waals surface area contributed by atoms with Gasteiger partial charge in [-0.25, -0.2) is 0 Å². The summed E-state index contributed by atoms with van der Waals surface area (Å²) >= 11 is 0. The molecule has 78 valence electrons. The number of anilines is 1. The van der Waals surface area contributed by atoms with Gasteiger partial charge in [-0.2, -0.15) is 10.4 Å². The van der Waals surface area contributed by atoms with Crippen LogP contribution in [-0.2, 0) is 0 Å². The zero-order chi connectivity index (χ0) is 10.5. The van der Waals surface area contributed by atoms with E-state index in [9.17, 15) is 0 Å². The molecule has 2 heterocycles. The van der Waals surface area contributed by atoms with Crippen molar-refractivity contribution < 1.29 is 0 Å². The molecule has 0 radical (unpaired) electrons. The number of piperidine rings is 1. The highest BCUT2D eigenvalue weighted by Crippen LogP contribution is 2.13. The maximum absolute atomic E-state index is 8.88. The summed E-state index contributed by atoms with van der Waals surface area (Å²) in [6, 6.07) is 4.18. The number of nitrogens with one attached hydrogen (secondary N) is 2. The molecule has 0 bridgehead atoms. The molecule has 0 atom stereocenters. The van der Waals surface area contributed by atoms with Crippen LogP contribution in [0.15, 0.2) is 12.3 Å². The Hall–Kier alpha value is -1.67. The molecule has 0 spiro atoms. The van der Waals surface area contributed by atoms with E-state index in [-0.39, 0.29) is 0 Å². The molecular weight excluding hydrogens is 190 g/mol. The van der Waals surface area contributed by atoms with Gasteiger partial charge < -0.3 is 10.6 Å². The van der Waals surface area contributed by atoms with E-state index in [0.717, 1.165) is 25.9 Å². The fourth-order valence-electron chi connectivity index (χ4n) is 1.69. The molecule has 1 aliphatic rings. The second kappa shape index (κ2) is 4.71. The van der Waals surface area contributed by atoms with Crippen LogP contribution in [0.2, 0.25) is 0 Å². The van der Waals surface area contributed by atoms with Crippen molar-refractivity contribution in [2.45, 2.75) is 18.9 Å². The smallest absolute Gasteiger partial charge is 0.166 e. The van der Waals surface area contributed by atoms with Gasteiger partial charge in [-0.3, -0.25) is 0 Å². The zero-order valence-corrected chi connectivity index (χ0v) is 8.40. The lowest BCUT2D eigenvalue weighted by Gasteiger charge is -2.24. The standard InChI is InChI=1S/C10H13N5/c11-7-8-1-6-13-15-10(8)14-9-2-4-12-5-3-9/h1,6,9,12H,2-5H2,(H,14,15). The van der Waals surface area contributed by atoms with Gasteiger partial charge in [0.05, 0.1) is 11.8 Å². The Labute approximate surface area is 88.5 Å². The SMILES string of the molecule is N#Cc1ccnnc1NC1CCNCC1. The first kappa shape index (κ1) is 9.87. The maximum atomic E-state index is 8.88. The van der Waals surface area contributed by atoms with Crippen LogP contribution < -0.4 is 10.6 Å². The van der Waals surface area contributed by atoms with Crippen molar-refractivity contribution in [3.05, 3.63) is 17.8 Å². The first-order chi connectivity index (χ1) is 7.40. The van der Waals surface area contributed by atoms with Crippen molar-refractivity contribution in [3.63, 3.8) is 0 Å². The third-order valence-electron chi connectivity index (χ3n) is 2.52. The second-order valence-electron chi connectivity index (χ2n) is 3.57. The number of hydrogen-bond acceptors (Lipinski definition) is 5. The van der Waals surface area contributed by atoms with Gasteiger partial charge in [-0.05, 0) is 32.0 Å². The molecule has 5 heteroatoms. The van der Waals surface area contributed by atoms with Gasteiger partial charge >= 0.3 is 0 Å². The lowest BCUT2D eigenvalue weighted by atomic mass is 10.1. The minimum atomic E-state index is 0.398. The Morgan fingerprint density at radius 1 is 1.47 bits per heavy atom. The average Bonchev–Trinajstić information content (AvgIpc) is 2.31. The highest BCUT2D eigenvalue weighted by Gasteiger charge is 2.14. The van der Waals surface area contributed by atoms with Crippen molar-refractivity contribution in [1.29, 1.82) is 5.26 Å². The Morgan fingerprint density at radius 3 is 3.00 bits per heavy atom. The number of nitrogens with zero attached hydrogens (tertiary/aromatic N) is 3. The number of aromatic nitrogens is 2. The lowest BCUT2D eigenvalue weighted by molar-refractivity contribution is 0.478. The van der Waals surface area contributed by atoms with Crippen molar-refractivity contribution in [2.24, 2.45) is 0 Å². The van der Waals surface area contributed by atoms with Gasteiger partial charge in [0.1, 0.15) is 6.07 Å². The van der Waals surface area contributed by atoms with E-state index in [1.54, 1.807) is 6.07 Å². The topological polar surface area (TPSA) is 73.6 Å². The van der Waals surface area contributed by atoms with Crippen LogP contribution in [0.3, 0.4) is 0 Å². The van der Waals surface area contributed by atoms with E-state index in [2.05, 4.69) is 26.9 Å².